The molecule has 4 nitrogen and oxygen atoms in total. The van der Waals surface area contributed by atoms with Crippen molar-refractivity contribution in [1.29, 1.82) is 0 Å². The molecule has 2 N–H and O–H groups in total. The van der Waals surface area contributed by atoms with E-state index in [9.17, 15) is 0 Å². The first-order chi connectivity index (χ1) is 9.78. The molecule has 2 aromatic rings. The van der Waals surface area contributed by atoms with Crippen molar-refractivity contribution in [3.63, 3.8) is 0 Å². The van der Waals surface area contributed by atoms with Gasteiger partial charge in [-0.1, -0.05) is 18.2 Å². The number of rotatable bonds is 7. The maximum absolute atomic E-state index is 5.78. The zero-order valence-corrected chi connectivity index (χ0v) is 11.5. The molecule has 0 spiro atoms. The molecule has 0 saturated heterocycles. The summed E-state index contributed by atoms with van der Waals surface area (Å²) < 4.78 is 16.3. The Morgan fingerprint density at radius 3 is 2.50 bits per heavy atom. The van der Waals surface area contributed by atoms with Gasteiger partial charge in [0.05, 0.1) is 20.3 Å². The van der Waals surface area contributed by atoms with Gasteiger partial charge in [-0.05, 0) is 29.8 Å². The van der Waals surface area contributed by atoms with Gasteiger partial charge in [0.2, 0.25) is 0 Å². The number of nitrogens with two attached hydrogens (primary N) is 1. The van der Waals surface area contributed by atoms with E-state index in [0.29, 0.717) is 25.5 Å². The summed E-state index contributed by atoms with van der Waals surface area (Å²) in [6, 6.07) is 15.2. The second-order valence-corrected chi connectivity index (χ2v) is 4.33. The lowest BCUT2D eigenvalue weighted by atomic mass is 10.2. The number of hydrogen-bond donors (Lipinski definition) is 1. The van der Waals surface area contributed by atoms with Gasteiger partial charge in [0.15, 0.2) is 0 Å². The number of nitrogen functional groups attached to an aromatic ring is 1. The van der Waals surface area contributed by atoms with Gasteiger partial charge in [0, 0.05) is 11.8 Å². The Hall–Kier alpha value is -2.20. The van der Waals surface area contributed by atoms with E-state index in [1.165, 1.54) is 0 Å². The zero-order chi connectivity index (χ0) is 14.2. The van der Waals surface area contributed by atoms with Gasteiger partial charge in [0.1, 0.15) is 18.1 Å². The van der Waals surface area contributed by atoms with E-state index in [1.54, 1.807) is 13.2 Å². The van der Waals surface area contributed by atoms with Gasteiger partial charge in [-0.15, -0.1) is 0 Å². The summed E-state index contributed by atoms with van der Waals surface area (Å²) in [5, 5.41) is 0. The first kappa shape index (κ1) is 14.2. The van der Waals surface area contributed by atoms with Gasteiger partial charge >= 0.3 is 0 Å². The summed E-state index contributed by atoms with van der Waals surface area (Å²) in [5.74, 6) is 1.59. The lowest BCUT2D eigenvalue weighted by Gasteiger charge is -2.09. The van der Waals surface area contributed by atoms with E-state index in [4.69, 9.17) is 19.9 Å². The normalized spacial score (nSPS) is 10.2. The van der Waals surface area contributed by atoms with Crippen molar-refractivity contribution in [3.8, 4) is 11.5 Å². The Balaban J connectivity index is 1.72. The average molecular weight is 273 g/mol. The van der Waals surface area contributed by atoms with Crippen molar-refractivity contribution in [2.75, 3.05) is 26.1 Å². The molecule has 0 fully saturated rings. The van der Waals surface area contributed by atoms with Crippen LogP contribution < -0.4 is 15.2 Å². The molecular weight excluding hydrogens is 254 g/mol. The van der Waals surface area contributed by atoms with Crippen molar-refractivity contribution in [2.45, 2.75) is 6.61 Å². The van der Waals surface area contributed by atoms with E-state index in [2.05, 4.69) is 0 Å². The van der Waals surface area contributed by atoms with Crippen LogP contribution in [-0.2, 0) is 11.3 Å². The van der Waals surface area contributed by atoms with Crippen molar-refractivity contribution in [1.82, 2.24) is 0 Å². The number of para-hydroxylation sites is 1. The Kier molecular flexibility index (Phi) is 5.26. The highest BCUT2D eigenvalue weighted by Gasteiger charge is 2.00. The van der Waals surface area contributed by atoms with Crippen LogP contribution in [0.1, 0.15) is 5.56 Å². The number of methoxy groups -OCH3 is 1. The van der Waals surface area contributed by atoms with E-state index >= 15 is 0 Å². The molecule has 4 heteroatoms. The molecule has 0 radical (unpaired) electrons. The molecule has 0 aliphatic carbocycles. The van der Waals surface area contributed by atoms with E-state index in [0.717, 1.165) is 17.1 Å². The van der Waals surface area contributed by atoms with Gasteiger partial charge in [0.25, 0.3) is 0 Å². The first-order valence-electron chi connectivity index (χ1n) is 6.47. The van der Waals surface area contributed by atoms with Crippen LogP contribution >= 0.6 is 0 Å². The largest absolute Gasteiger partial charge is 0.497 e. The van der Waals surface area contributed by atoms with E-state index < -0.39 is 0 Å². The maximum atomic E-state index is 5.78. The van der Waals surface area contributed by atoms with Crippen LogP contribution in [0.3, 0.4) is 0 Å². The predicted molar refractivity (Wildman–Crippen MR) is 79.0 cm³/mol. The van der Waals surface area contributed by atoms with Gasteiger partial charge in [-0.2, -0.15) is 0 Å². The lowest BCUT2D eigenvalue weighted by molar-refractivity contribution is 0.0888. The summed E-state index contributed by atoms with van der Waals surface area (Å²) in [6.07, 6.45) is 0. The highest BCUT2D eigenvalue weighted by molar-refractivity contribution is 5.47. The zero-order valence-electron chi connectivity index (χ0n) is 11.5. The molecule has 2 aromatic carbocycles. The van der Waals surface area contributed by atoms with Crippen LogP contribution in [0.5, 0.6) is 11.5 Å². The third-order valence-corrected chi connectivity index (χ3v) is 2.73. The molecule has 0 atom stereocenters. The smallest absolute Gasteiger partial charge is 0.121 e. The van der Waals surface area contributed by atoms with Crippen molar-refractivity contribution in [3.05, 3.63) is 54.1 Å². The molecule has 20 heavy (non-hydrogen) atoms. The second kappa shape index (κ2) is 7.40. The Morgan fingerprint density at radius 2 is 1.75 bits per heavy atom. The number of anilines is 1. The summed E-state index contributed by atoms with van der Waals surface area (Å²) in [6.45, 7) is 1.52. The summed E-state index contributed by atoms with van der Waals surface area (Å²) in [7, 11) is 1.62. The minimum absolute atomic E-state index is 0.486. The third-order valence-electron chi connectivity index (χ3n) is 2.73. The monoisotopic (exact) mass is 273 g/mol. The molecule has 0 heterocycles. The van der Waals surface area contributed by atoms with Gasteiger partial charge < -0.3 is 19.9 Å². The lowest BCUT2D eigenvalue weighted by Crippen LogP contribution is -2.06. The number of hydrogen-bond acceptors (Lipinski definition) is 4. The van der Waals surface area contributed by atoms with Crippen LogP contribution in [0.2, 0.25) is 0 Å². The summed E-state index contributed by atoms with van der Waals surface area (Å²) in [4.78, 5) is 0. The van der Waals surface area contributed by atoms with E-state index in [1.807, 2.05) is 42.5 Å². The van der Waals surface area contributed by atoms with Crippen LogP contribution in [-0.4, -0.2) is 20.3 Å². The molecule has 2 rings (SSSR count). The van der Waals surface area contributed by atoms with Crippen LogP contribution in [0, 0.1) is 0 Å². The molecule has 0 aliphatic rings. The molecule has 0 aliphatic heterocycles. The highest BCUT2D eigenvalue weighted by Crippen LogP contribution is 2.19. The quantitative estimate of drug-likeness (QED) is 0.622. The van der Waals surface area contributed by atoms with Gasteiger partial charge in [-0.25, -0.2) is 0 Å². The fourth-order valence-electron chi connectivity index (χ4n) is 1.81. The highest BCUT2D eigenvalue weighted by atomic mass is 16.5. The number of ether oxygens (including phenoxy) is 3. The molecule has 0 bridgehead atoms. The fraction of sp³-hybridized carbons (Fsp3) is 0.250. The molecule has 0 saturated carbocycles. The predicted octanol–water partition coefficient (Wildman–Crippen LogP) is 2.87. The van der Waals surface area contributed by atoms with Crippen LogP contribution in [0.25, 0.3) is 0 Å². The molecular formula is C16H19NO3. The molecule has 0 aromatic heterocycles. The topological polar surface area (TPSA) is 53.7 Å². The minimum atomic E-state index is 0.486. The first-order valence-corrected chi connectivity index (χ1v) is 6.47. The Labute approximate surface area is 119 Å². The Morgan fingerprint density at radius 1 is 0.950 bits per heavy atom. The Bertz CT molecular complexity index is 529. The molecule has 0 unspecified atom stereocenters. The number of benzene rings is 2. The minimum Gasteiger partial charge on any atom is -0.497 e. The van der Waals surface area contributed by atoms with E-state index in [-0.39, 0.29) is 0 Å². The molecule has 106 valence electrons. The van der Waals surface area contributed by atoms with Crippen molar-refractivity contribution in [2.24, 2.45) is 0 Å². The SMILES string of the molecule is COc1cc(N)cc(COCCOc2ccccc2)c1. The fourth-order valence-corrected chi connectivity index (χ4v) is 1.81. The maximum Gasteiger partial charge on any atom is 0.121 e. The summed E-state index contributed by atoms with van der Waals surface area (Å²) >= 11 is 0. The van der Waals surface area contributed by atoms with Crippen LogP contribution in [0.15, 0.2) is 48.5 Å². The summed E-state index contributed by atoms with van der Waals surface area (Å²) in [5.41, 5.74) is 7.44. The third kappa shape index (κ3) is 4.48. The van der Waals surface area contributed by atoms with Gasteiger partial charge in [-0.3, -0.25) is 0 Å². The average Bonchev–Trinajstić information content (AvgIpc) is 2.47. The second-order valence-electron chi connectivity index (χ2n) is 4.33. The van der Waals surface area contributed by atoms with Crippen molar-refractivity contribution < 1.29 is 14.2 Å². The van der Waals surface area contributed by atoms with Crippen molar-refractivity contribution >= 4 is 5.69 Å². The molecule has 0 amide bonds. The standard InChI is InChI=1S/C16H19NO3/c1-18-16-10-13(9-14(17)11-16)12-19-7-8-20-15-5-3-2-4-6-15/h2-6,9-11H,7-8,12,17H2,1H3. The van der Waals surface area contributed by atoms with Crippen LogP contribution in [0.4, 0.5) is 5.69 Å².